The summed E-state index contributed by atoms with van der Waals surface area (Å²) in [5, 5.41) is 16.8. The van der Waals surface area contributed by atoms with Crippen molar-refractivity contribution >= 4 is 50.9 Å². The van der Waals surface area contributed by atoms with E-state index in [1.165, 1.54) is 18.2 Å². The number of nitrogens with zero attached hydrogens (tertiary/aromatic N) is 1. The minimum atomic E-state index is -0.475. The van der Waals surface area contributed by atoms with Crippen LogP contribution in [-0.4, -0.2) is 16.7 Å². The third-order valence-corrected chi connectivity index (χ3v) is 5.57. The molecule has 0 aliphatic carbocycles. The first-order valence-electron chi connectivity index (χ1n) is 10.4. The Hall–Kier alpha value is -4.50. The minimum absolute atomic E-state index is 0.0656. The fourth-order valence-corrected chi connectivity index (χ4v) is 3.73. The molecule has 35 heavy (non-hydrogen) atoms. The molecular weight excluding hydrogens is 514 g/mol. The molecular formula is C26H18BrN3O5. The second kappa shape index (κ2) is 10.6. The first-order valence-corrected chi connectivity index (χ1v) is 11.2. The number of para-hydroxylation sites is 1. The van der Waals surface area contributed by atoms with Gasteiger partial charge in [0.15, 0.2) is 0 Å². The summed E-state index contributed by atoms with van der Waals surface area (Å²) in [4.78, 5) is 35.4. The van der Waals surface area contributed by atoms with E-state index < -0.39 is 10.8 Å². The summed E-state index contributed by atoms with van der Waals surface area (Å²) in [5.41, 5.74) is 1.90. The Balaban J connectivity index is 1.39. The Bertz CT molecular complexity index is 1430. The van der Waals surface area contributed by atoms with Crippen molar-refractivity contribution in [3.8, 4) is 11.3 Å². The second-order valence-corrected chi connectivity index (χ2v) is 8.17. The lowest BCUT2D eigenvalue weighted by Crippen LogP contribution is -2.12. The van der Waals surface area contributed by atoms with Crippen LogP contribution in [0.25, 0.3) is 17.4 Å². The van der Waals surface area contributed by atoms with Gasteiger partial charge < -0.3 is 15.1 Å². The number of nitro benzene ring substituents is 1. The number of nitro groups is 1. The van der Waals surface area contributed by atoms with E-state index in [2.05, 4.69) is 26.6 Å². The fourth-order valence-electron chi connectivity index (χ4n) is 3.25. The van der Waals surface area contributed by atoms with E-state index in [4.69, 9.17) is 4.42 Å². The molecule has 9 heteroatoms. The van der Waals surface area contributed by atoms with Gasteiger partial charge in [0, 0.05) is 27.9 Å². The molecule has 3 aromatic carbocycles. The second-order valence-electron chi connectivity index (χ2n) is 7.31. The van der Waals surface area contributed by atoms with Crippen molar-refractivity contribution < 1.29 is 18.9 Å². The predicted octanol–water partition coefficient (Wildman–Crippen LogP) is 6.52. The number of amides is 2. The molecule has 1 aromatic heterocycles. The van der Waals surface area contributed by atoms with Crippen LogP contribution in [-0.2, 0) is 4.79 Å². The van der Waals surface area contributed by atoms with Gasteiger partial charge in [-0.15, -0.1) is 0 Å². The monoisotopic (exact) mass is 531 g/mol. The highest BCUT2D eigenvalue weighted by Crippen LogP contribution is 2.31. The van der Waals surface area contributed by atoms with Gasteiger partial charge in [0.1, 0.15) is 11.5 Å². The van der Waals surface area contributed by atoms with Crippen LogP contribution in [0.4, 0.5) is 17.1 Å². The fraction of sp³-hybridized carbons (Fsp3) is 0. The van der Waals surface area contributed by atoms with E-state index in [0.717, 1.165) is 0 Å². The van der Waals surface area contributed by atoms with Crippen LogP contribution < -0.4 is 10.6 Å². The van der Waals surface area contributed by atoms with Gasteiger partial charge in [-0.05, 0) is 70.5 Å². The van der Waals surface area contributed by atoms with Gasteiger partial charge in [0.25, 0.3) is 11.6 Å². The van der Waals surface area contributed by atoms with Crippen LogP contribution in [0.15, 0.2) is 99.9 Å². The zero-order valence-corrected chi connectivity index (χ0v) is 19.7. The standard InChI is InChI=1S/C26H18BrN3O5/c27-21-16-18(10-13-22(21)29-26(32)17-6-2-1-3-7-17)28-25(31)15-12-19-11-14-24(35-19)20-8-4-5-9-23(20)30(33)34/h1-16H,(H,28,31)(H,29,32). The molecule has 2 amide bonds. The number of carbonyl (C=O) groups is 2. The van der Waals surface area contributed by atoms with Crippen molar-refractivity contribution in [2.24, 2.45) is 0 Å². The zero-order valence-electron chi connectivity index (χ0n) is 18.1. The van der Waals surface area contributed by atoms with Gasteiger partial charge in [0.05, 0.1) is 16.2 Å². The molecule has 4 rings (SSSR count). The van der Waals surface area contributed by atoms with Gasteiger partial charge in [-0.1, -0.05) is 30.3 Å². The average Bonchev–Trinajstić information content (AvgIpc) is 3.34. The molecule has 0 radical (unpaired) electrons. The molecule has 0 bridgehead atoms. The molecule has 0 saturated heterocycles. The van der Waals surface area contributed by atoms with Gasteiger partial charge in [0.2, 0.25) is 5.91 Å². The lowest BCUT2D eigenvalue weighted by atomic mass is 10.1. The predicted molar refractivity (Wildman–Crippen MR) is 137 cm³/mol. The summed E-state index contributed by atoms with van der Waals surface area (Å²) in [6.07, 6.45) is 2.76. The summed E-state index contributed by atoms with van der Waals surface area (Å²) in [6.45, 7) is 0. The third kappa shape index (κ3) is 5.90. The molecule has 0 aliphatic heterocycles. The number of halogens is 1. The van der Waals surface area contributed by atoms with E-state index in [0.29, 0.717) is 38.5 Å². The maximum atomic E-state index is 12.4. The van der Waals surface area contributed by atoms with Crippen molar-refractivity contribution in [1.82, 2.24) is 0 Å². The van der Waals surface area contributed by atoms with Gasteiger partial charge in [-0.25, -0.2) is 0 Å². The number of anilines is 2. The highest BCUT2D eigenvalue weighted by Gasteiger charge is 2.16. The molecule has 2 N–H and O–H groups in total. The van der Waals surface area contributed by atoms with Crippen molar-refractivity contribution in [2.75, 3.05) is 10.6 Å². The van der Waals surface area contributed by atoms with Gasteiger partial charge in [-0.2, -0.15) is 0 Å². The summed E-state index contributed by atoms with van der Waals surface area (Å²) in [7, 11) is 0. The number of nitrogens with one attached hydrogen (secondary N) is 2. The number of carbonyl (C=O) groups excluding carboxylic acids is 2. The number of hydrogen-bond acceptors (Lipinski definition) is 5. The van der Waals surface area contributed by atoms with E-state index in [9.17, 15) is 19.7 Å². The van der Waals surface area contributed by atoms with Crippen LogP contribution in [0.5, 0.6) is 0 Å². The summed E-state index contributed by atoms with van der Waals surface area (Å²) in [6, 6.07) is 23.3. The summed E-state index contributed by atoms with van der Waals surface area (Å²) >= 11 is 3.41. The highest BCUT2D eigenvalue weighted by molar-refractivity contribution is 9.10. The Kier molecular flexibility index (Phi) is 7.18. The summed E-state index contributed by atoms with van der Waals surface area (Å²) < 4.78 is 6.25. The molecule has 0 aliphatic rings. The molecule has 0 spiro atoms. The lowest BCUT2D eigenvalue weighted by Gasteiger charge is -2.09. The summed E-state index contributed by atoms with van der Waals surface area (Å²) in [5.74, 6) is 0.0502. The van der Waals surface area contributed by atoms with Crippen LogP contribution in [0.3, 0.4) is 0 Å². The van der Waals surface area contributed by atoms with Crippen LogP contribution in [0.2, 0.25) is 0 Å². The number of furan rings is 1. The SMILES string of the molecule is O=C(C=Cc1ccc(-c2ccccc2[N+](=O)[O-])o1)Nc1ccc(NC(=O)c2ccccc2)c(Br)c1. The maximum absolute atomic E-state index is 12.4. The topological polar surface area (TPSA) is 114 Å². The van der Waals surface area contributed by atoms with E-state index in [1.54, 1.807) is 72.8 Å². The van der Waals surface area contributed by atoms with Crippen molar-refractivity contribution in [2.45, 2.75) is 0 Å². The molecule has 4 aromatic rings. The molecule has 174 valence electrons. The lowest BCUT2D eigenvalue weighted by molar-refractivity contribution is -0.384. The Morgan fingerprint density at radius 1 is 0.914 bits per heavy atom. The third-order valence-electron chi connectivity index (χ3n) is 4.91. The van der Waals surface area contributed by atoms with E-state index >= 15 is 0 Å². The smallest absolute Gasteiger partial charge is 0.280 e. The van der Waals surface area contributed by atoms with Crippen molar-refractivity contribution in [3.05, 3.63) is 117 Å². The largest absolute Gasteiger partial charge is 0.456 e. The van der Waals surface area contributed by atoms with E-state index in [-0.39, 0.29) is 11.6 Å². The first kappa shape index (κ1) is 23.7. The van der Waals surface area contributed by atoms with Crippen molar-refractivity contribution in [3.63, 3.8) is 0 Å². The normalized spacial score (nSPS) is 10.8. The zero-order chi connectivity index (χ0) is 24.8. The Labute approximate surface area is 208 Å². The maximum Gasteiger partial charge on any atom is 0.280 e. The van der Waals surface area contributed by atoms with Crippen LogP contribution >= 0.6 is 15.9 Å². The van der Waals surface area contributed by atoms with Gasteiger partial charge >= 0.3 is 0 Å². The number of benzene rings is 3. The number of rotatable bonds is 7. The molecule has 0 atom stereocenters. The molecule has 0 saturated carbocycles. The Morgan fingerprint density at radius 3 is 2.40 bits per heavy atom. The Morgan fingerprint density at radius 2 is 1.66 bits per heavy atom. The minimum Gasteiger partial charge on any atom is -0.456 e. The molecule has 8 nitrogen and oxygen atoms in total. The van der Waals surface area contributed by atoms with Crippen molar-refractivity contribution in [1.29, 1.82) is 0 Å². The van der Waals surface area contributed by atoms with Crippen LogP contribution in [0.1, 0.15) is 16.1 Å². The van der Waals surface area contributed by atoms with Crippen LogP contribution in [0, 0.1) is 10.1 Å². The quantitative estimate of drug-likeness (QED) is 0.160. The number of hydrogen-bond donors (Lipinski definition) is 2. The highest BCUT2D eigenvalue weighted by atomic mass is 79.9. The molecule has 1 heterocycles. The van der Waals surface area contributed by atoms with Gasteiger partial charge in [-0.3, -0.25) is 19.7 Å². The first-order chi connectivity index (χ1) is 16.9. The average molecular weight is 532 g/mol. The molecule has 0 fully saturated rings. The van der Waals surface area contributed by atoms with E-state index in [1.807, 2.05) is 6.07 Å². The molecule has 0 unspecified atom stereocenters.